The van der Waals surface area contributed by atoms with Gasteiger partial charge < -0.3 is 14.6 Å². The van der Waals surface area contributed by atoms with Gasteiger partial charge in [-0.25, -0.2) is 4.79 Å². The summed E-state index contributed by atoms with van der Waals surface area (Å²) in [7, 11) is 0. The molecule has 15 heavy (non-hydrogen) atoms. The molecular weight excluding hydrogens is 196 g/mol. The second kappa shape index (κ2) is 4.98. The highest BCUT2D eigenvalue weighted by Crippen LogP contribution is 2.21. The summed E-state index contributed by atoms with van der Waals surface area (Å²) in [6.07, 6.45) is 2.88. The van der Waals surface area contributed by atoms with Gasteiger partial charge in [-0.2, -0.15) is 0 Å². The molecule has 1 rings (SSSR count). The Kier molecular flexibility index (Phi) is 3.91. The maximum Gasteiger partial charge on any atom is 0.339 e. The molecule has 4 heteroatoms. The van der Waals surface area contributed by atoms with Gasteiger partial charge >= 0.3 is 5.97 Å². The van der Waals surface area contributed by atoms with E-state index in [1.807, 2.05) is 13.8 Å². The quantitative estimate of drug-likeness (QED) is 0.783. The summed E-state index contributed by atoms with van der Waals surface area (Å²) in [5.41, 5.74) is 0.471. The van der Waals surface area contributed by atoms with E-state index in [9.17, 15) is 4.79 Å². The highest BCUT2D eigenvalue weighted by atomic mass is 16.4. The molecule has 0 radical (unpaired) electrons. The minimum absolute atomic E-state index is 0.123. The van der Waals surface area contributed by atoms with E-state index in [-0.39, 0.29) is 12.2 Å². The lowest BCUT2D eigenvalue weighted by atomic mass is 10.00. The molecule has 1 aromatic heterocycles. The van der Waals surface area contributed by atoms with Crippen molar-refractivity contribution >= 4 is 5.97 Å². The summed E-state index contributed by atoms with van der Waals surface area (Å²) in [6.45, 7) is 3.78. The van der Waals surface area contributed by atoms with Crippen LogP contribution < -0.4 is 0 Å². The first kappa shape index (κ1) is 11.8. The first-order valence-corrected chi connectivity index (χ1v) is 5.03. The van der Waals surface area contributed by atoms with E-state index in [1.165, 1.54) is 6.26 Å². The molecule has 0 bridgehead atoms. The molecular formula is C11H16O4. The van der Waals surface area contributed by atoms with E-state index >= 15 is 0 Å². The molecule has 1 aromatic rings. The molecule has 1 unspecified atom stereocenters. The van der Waals surface area contributed by atoms with Crippen LogP contribution >= 0.6 is 0 Å². The van der Waals surface area contributed by atoms with Crippen LogP contribution in [-0.4, -0.2) is 16.2 Å². The topological polar surface area (TPSA) is 70.7 Å². The minimum atomic E-state index is -1.04. The molecule has 0 spiro atoms. The number of aromatic carboxylic acids is 1. The molecule has 2 N–H and O–H groups in total. The Labute approximate surface area is 88.5 Å². The SMILES string of the molecule is CCC(C)Cc1occ(CO)c1C(=O)O. The number of hydrogen-bond acceptors (Lipinski definition) is 3. The first-order chi connectivity index (χ1) is 7.10. The van der Waals surface area contributed by atoms with Crippen molar-refractivity contribution < 1.29 is 19.4 Å². The van der Waals surface area contributed by atoms with Gasteiger partial charge in [0.1, 0.15) is 11.3 Å². The van der Waals surface area contributed by atoms with Crippen molar-refractivity contribution in [3.05, 3.63) is 23.2 Å². The van der Waals surface area contributed by atoms with Crippen molar-refractivity contribution in [1.82, 2.24) is 0 Å². The van der Waals surface area contributed by atoms with E-state index < -0.39 is 5.97 Å². The number of rotatable bonds is 5. The minimum Gasteiger partial charge on any atom is -0.478 e. The Balaban J connectivity index is 2.97. The molecule has 0 fully saturated rings. The lowest BCUT2D eigenvalue weighted by molar-refractivity contribution is 0.0691. The Bertz CT molecular complexity index is 340. The largest absolute Gasteiger partial charge is 0.478 e. The standard InChI is InChI=1S/C11H16O4/c1-3-7(2)4-9-10(11(13)14)8(5-12)6-15-9/h6-7,12H,3-5H2,1-2H3,(H,13,14). The highest BCUT2D eigenvalue weighted by Gasteiger charge is 2.20. The second-order valence-corrected chi connectivity index (χ2v) is 3.74. The van der Waals surface area contributed by atoms with Crippen LogP contribution in [0.25, 0.3) is 0 Å². The van der Waals surface area contributed by atoms with Gasteiger partial charge in [0.25, 0.3) is 0 Å². The molecule has 1 heterocycles. The third-order valence-corrected chi connectivity index (χ3v) is 2.56. The average Bonchev–Trinajstić information content (AvgIpc) is 2.60. The zero-order valence-electron chi connectivity index (χ0n) is 8.99. The van der Waals surface area contributed by atoms with Crippen molar-refractivity contribution in [3.63, 3.8) is 0 Å². The van der Waals surface area contributed by atoms with Gasteiger partial charge in [-0.1, -0.05) is 20.3 Å². The van der Waals surface area contributed by atoms with Crippen LogP contribution in [0.2, 0.25) is 0 Å². The maximum atomic E-state index is 11.0. The van der Waals surface area contributed by atoms with Crippen LogP contribution in [0.1, 0.15) is 41.9 Å². The molecule has 0 aliphatic carbocycles. The van der Waals surface area contributed by atoms with Gasteiger partial charge in [-0.15, -0.1) is 0 Å². The molecule has 0 amide bonds. The number of hydrogen-bond donors (Lipinski definition) is 2. The molecule has 0 aliphatic rings. The predicted octanol–water partition coefficient (Wildman–Crippen LogP) is 2.06. The fourth-order valence-corrected chi connectivity index (χ4v) is 1.42. The van der Waals surface area contributed by atoms with Crippen LogP contribution in [0.5, 0.6) is 0 Å². The van der Waals surface area contributed by atoms with Crippen molar-refractivity contribution in [1.29, 1.82) is 0 Å². The summed E-state index contributed by atoms with van der Waals surface area (Å²) in [4.78, 5) is 11.0. The third kappa shape index (κ3) is 2.59. The predicted molar refractivity (Wildman–Crippen MR) is 54.7 cm³/mol. The van der Waals surface area contributed by atoms with Crippen LogP contribution in [0.15, 0.2) is 10.7 Å². The van der Waals surface area contributed by atoms with Crippen LogP contribution in [0.3, 0.4) is 0 Å². The third-order valence-electron chi connectivity index (χ3n) is 2.56. The zero-order chi connectivity index (χ0) is 11.4. The van der Waals surface area contributed by atoms with E-state index in [1.54, 1.807) is 0 Å². The summed E-state index contributed by atoms with van der Waals surface area (Å²) < 4.78 is 5.18. The van der Waals surface area contributed by atoms with Gasteiger partial charge in [-0.3, -0.25) is 0 Å². The van der Waals surface area contributed by atoms with Gasteiger partial charge in [0.2, 0.25) is 0 Å². The monoisotopic (exact) mass is 212 g/mol. The summed E-state index contributed by atoms with van der Waals surface area (Å²) in [5.74, 6) is -0.201. The van der Waals surface area contributed by atoms with Crippen LogP contribution in [-0.2, 0) is 13.0 Å². The Morgan fingerprint density at radius 3 is 2.73 bits per heavy atom. The maximum absolute atomic E-state index is 11.0. The first-order valence-electron chi connectivity index (χ1n) is 5.03. The fourth-order valence-electron chi connectivity index (χ4n) is 1.42. The van der Waals surface area contributed by atoms with E-state index in [2.05, 4.69) is 0 Å². The van der Waals surface area contributed by atoms with Gasteiger partial charge in [0.05, 0.1) is 12.9 Å². The summed E-state index contributed by atoms with van der Waals surface area (Å²) in [6, 6.07) is 0. The molecule has 0 aliphatic heterocycles. The zero-order valence-corrected chi connectivity index (χ0v) is 8.99. The van der Waals surface area contributed by atoms with Gasteiger partial charge in [-0.05, 0) is 5.92 Å². The van der Waals surface area contributed by atoms with Crippen LogP contribution in [0.4, 0.5) is 0 Å². The molecule has 84 valence electrons. The number of carbonyl (C=O) groups is 1. The average molecular weight is 212 g/mol. The van der Waals surface area contributed by atoms with Crippen molar-refractivity contribution in [2.45, 2.75) is 33.3 Å². The molecule has 1 atom stereocenters. The molecule has 0 saturated heterocycles. The molecule has 0 saturated carbocycles. The lowest BCUT2D eigenvalue weighted by Gasteiger charge is -2.06. The van der Waals surface area contributed by atoms with Crippen LogP contribution in [0, 0.1) is 5.92 Å². The number of furan rings is 1. The molecule has 0 aromatic carbocycles. The van der Waals surface area contributed by atoms with E-state index in [4.69, 9.17) is 14.6 Å². The Hall–Kier alpha value is -1.29. The Morgan fingerprint density at radius 2 is 2.27 bits per heavy atom. The highest BCUT2D eigenvalue weighted by molar-refractivity contribution is 5.90. The van der Waals surface area contributed by atoms with E-state index in [0.717, 1.165) is 6.42 Å². The number of aliphatic hydroxyl groups excluding tert-OH is 1. The Morgan fingerprint density at radius 1 is 1.60 bits per heavy atom. The second-order valence-electron chi connectivity index (χ2n) is 3.74. The normalized spacial score (nSPS) is 12.7. The number of carboxylic acids is 1. The summed E-state index contributed by atoms with van der Waals surface area (Å²) in [5, 5.41) is 17.9. The van der Waals surface area contributed by atoms with E-state index in [0.29, 0.717) is 23.7 Å². The fraction of sp³-hybridized carbons (Fsp3) is 0.545. The lowest BCUT2D eigenvalue weighted by Crippen LogP contribution is -2.06. The number of aliphatic hydroxyl groups is 1. The van der Waals surface area contributed by atoms with Crippen molar-refractivity contribution in [2.24, 2.45) is 5.92 Å². The smallest absolute Gasteiger partial charge is 0.339 e. The molecule has 4 nitrogen and oxygen atoms in total. The van der Waals surface area contributed by atoms with Gasteiger partial charge in [0.15, 0.2) is 0 Å². The van der Waals surface area contributed by atoms with Crippen molar-refractivity contribution in [2.75, 3.05) is 0 Å². The van der Waals surface area contributed by atoms with Gasteiger partial charge in [0, 0.05) is 12.0 Å². The summed E-state index contributed by atoms with van der Waals surface area (Å²) >= 11 is 0. The number of carboxylic acid groups (broad SMARTS) is 1. The van der Waals surface area contributed by atoms with Crippen molar-refractivity contribution in [3.8, 4) is 0 Å².